The maximum absolute atomic E-state index is 12.0. The number of nitrogens with one attached hydrogen (secondary N) is 2. The molecule has 22 heavy (non-hydrogen) atoms. The largest absolute Gasteiger partial charge is 0.326 e. The van der Waals surface area contributed by atoms with Crippen molar-refractivity contribution in [2.45, 2.75) is 44.9 Å². The Morgan fingerprint density at radius 1 is 1.09 bits per heavy atom. The van der Waals surface area contributed by atoms with Crippen LogP contribution < -0.4 is 10.0 Å². The summed E-state index contributed by atoms with van der Waals surface area (Å²) >= 11 is 0. The molecule has 0 bridgehead atoms. The summed E-state index contributed by atoms with van der Waals surface area (Å²) in [4.78, 5) is 23.0. The summed E-state index contributed by atoms with van der Waals surface area (Å²) in [6.45, 7) is 5.67. The quantitative estimate of drug-likeness (QED) is 0.804. The number of hydrogen-bond acceptors (Lipinski definition) is 4. The molecule has 0 aliphatic carbocycles. The van der Waals surface area contributed by atoms with Gasteiger partial charge in [-0.1, -0.05) is 20.8 Å². The normalized spacial score (nSPS) is 11.3. The third-order valence-electron chi connectivity index (χ3n) is 2.77. The zero-order chi connectivity index (χ0) is 16.8. The summed E-state index contributed by atoms with van der Waals surface area (Å²) in [6.07, 6.45) is 1.12. The third kappa shape index (κ3) is 5.85. The molecule has 1 aromatic carbocycles. The Bertz CT molecular complexity index is 621. The Morgan fingerprint density at radius 2 is 1.68 bits per heavy atom. The molecule has 122 valence electrons. The predicted octanol–water partition coefficient (Wildman–Crippen LogP) is 2.28. The molecule has 0 fully saturated rings. The zero-order valence-corrected chi connectivity index (χ0v) is 13.9. The van der Waals surface area contributed by atoms with Gasteiger partial charge in [-0.2, -0.15) is 0 Å². The number of benzene rings is 1. The molecule has 1 aromatic rings. The average Bonchev–Trinajstić information content (AvgIpc) is 2.37. The van der Waals surface area contributed by atoms with Crippen molar-refractivity contribution in [2.24, 2.45) is 5.92 Å². The van der Waals surface area contributed by atoms with E-state index in [4.69, 9.17) is 0 Å². The van der Waals surface area contributed by atoms with Gasteiger partial charge in [0, 0.05) is 18.5 Å². The number of carbonyl (C=O) groups excluding carboxylic acids is 2. The van der Waals surface area contributed by atoms with E-state index in [9.17, 15) is 18.0 Å². The fourth-order valence-corrected chi connectivity index (χ4v) is 2.80. The summed E-state index contributed by atoms with van der Waals surface area (Å²) in [5.74, 6) is -0.410. The molecule has 0 aliphatic heterocycles. The lowest BCUT2D eigenvalue weighted by atomic mass is 10.1. The van der Waals surface area contributed by atoms with Crippen molar-refractivity contribution >= 4 is 27.5 Å². The lowest BCUT2D eigenvalue weighted by Crippen LogP contribution is -2.30. The Kier molecular flexibility index (Phi) is 6.55. The van der Waals surface area contributed by atoms with Gasteiger partial charge in [-0.15, -0.1) is 0 Å². The third-order valence-corrected chi connectivity index (χ3v) is 4.16. The maximum atomic E-state index is 12.0. The average molecular weight is 326 g/mol. The Hall–Kier alpha value is -1.89. The minimum Gasteiger partial charge on any atom is -0.326 e. The molecule has 0 heterocycles. The van der Waals surface area contributed by atoms with Gasteiger partial charge in [0.05, 0.1) is 4.90 Å². The van der Waals surface area contributed by atoms with E-state index >= 15 is 0 Å². The van der Waals surface area contributed by atoms with Gasteiger partial charge >= 0.3 is 0 Å². The van der Waals surface area contributed by atoms with Crippen LogP contribution in [-0.4, -0.2) is 20.2 Å². The SMILES string of the molecule is CCCC(=O)NS(=O)(=O)c1ccc(NC(=O)CC(C)C)cc1. The van der Waals surface area contributed by atoms with E-state index < -0.39 is 15.9 Å². The molecule has 2 N–H and O–H groups in total. The predicted molar refractivity (Wildman–Crippen MR) is 84.8 cm³/mol. The van der Waals surface area contributed by atoms with Gasteiger partial charge in [-0.3, -0.25) is 9.59 Å². The van der Waals surface area contributed by atoms with Crippen LogP contribution in [0.3, 0.4) is 0 Å². The highest BCUT2D eigenvalue weighted by molar-refractivity contribution is 7.90. The van der Waals surface area contributed by atoms with Crippen LogP contribution in [0, 0.1) is 5.92 Å². The molecule has 0 saturated heterocycles. The van der Waals surface area contributed by atoms with E-state index in [0.717, 1.165) is 0 Å². The van der Waals surface area contributed by atoms with E-state index in [2.05, 4.69) is 5.32 Å². The van der Waals surface area contributed by atoms with Crippen LogP contribution in [0.2, 0.25) is 0 Å². The topological polar surface area (TPSA) is 92.3 Å². The van der Waals surface area contributed by atoms with Gasteiger partial charge in [0.25, 0.3) is 10.0 Å². The van der Waals surface area contributed by atoms with Crippen LogP contribution in [-0.2, 0) is 19.6 Å². The number of anilines is 1. The summed E-state index contributed by atoms with van der Waals surface area (Å²) in [5, 5.41) is 2.69. The number of hydrogen-bond donors (Lipinski definition) is 2. The molecule has 0 saturated carbocycles. The molecule has 0 radical (unpaired) electrons. The lowest BCUT2D eigenvalue weighted by molar-refractivity contribution is -0.119. The smallest absolute Gasteiger partial charge is 0.264 e. The lowest BCUT2D eigenvalue weighted by Gasteiger charge is -2.09. The fourth-order valence-electron chi connectivity index (χ4n) is 1.79. The van der Waals surface area contributed by atoms with Gasteiger partial charge < -0.3 is 5.32 Å². The first-order chi connectivity index (χ1) is 10.2. The highest BCUT2D eigenvalue weighted by Gasteiger charge is 2.17. The minimum atomic E-state index is -3.86. The van der Waals surface area contributed by atoms with Crippen molar-refractivity contribution in [2.75, 3.05) is 5.32 Å². The number of rotatable bonds is 7. The van der Waals surface area contributed by atoms with Gasteiger partial charge in [-0.25, -0.2) is 13.1 Å². The van der Waals surface area contributed by atoms with Gasteiger partial charge in [0.1, 0.15) is 0 Å². The van der Waals surface area contributed by atoms with Crippen LogP contribution in [0.25, 0.3) is 0 Å². The van der Waals surface area contributed by atoms with Gasteiger partial charge in [0.15, 0.2) is 0 Å². The monoisotopic (exact) mass is 326 g/mol. The Balaban J connectivity index is 2.75. The number of carbonyl (C=O) groups is 2. The van der Waals surface area contributed by atoms with Crippen molar-refractivity contribution in [1.82, 2.24) is 4.72 Å². The number of amides is 2. The van der Waals surface area contributed by atoms with Crippen molar-refractivity contribution in [3.63, 3.8) is 0 Å². The van der Waals surface area contributed by atoms with Crippen LogP contribution >= 0.6 is 0 Å². The van der Waals surface area contributed by atoms with Crippen LogP contribution in [0.5, 0.6) is 0 Å². The van der Waals surface area contributed by atoms with E-state index in [-0.39, 0.29) is 23.1 Å². The molecule has 0 aromatic heterocycles. The first-order valence-corrected chi connectivity index (χ1v) is 8.68. The summed E-state index contributed by atoms with van der Waals surface area (Å²) in [7, 11) is -3.86. The molecular formula is C15H22N2O4S. The summed E-state index contributed by atoms with van der Waals surface area (Å²) < 4.78 is 26.0. The Labute approximate surface area is 131 Å². The Morgan fingerprint density at radius 3 is 2.18 bits per heavy atom. The second kappa shape index (κ2) is 7.93. The van der Waals surface area contributed by atoms with E-state index in [0.29, 0.717) is 18.5 Å². The molecule has 2 amide bonds. The number of sulfonamides is 1. The maximum Gasteiger partial charge on any atom is 0.264 e. The standard InChI is InChI=1S/C15H22N2O4S/c1-4-5-14(18)17-22(20,21)13-8-6-12(7-9-13)16-15(19)10-11(2)3/h6-9,11H,4-5,10H2,1-3H3,(H,16,19)(H,17,18). The van der Waals surface area contributed by atoms with Crippen molar-refractivity contribution < 1.29 is 18.0 Å². The van der Waals surface area contributed by atoms with Crippen LogP contribution in [0.4, 0.5) is 5.69 Å². The second-order valence-corrected chi connectivity index (χ2v) is 7.13. The first-order valence-electron chi connectivity index (χ1n) is 7.20. The van der Waals surface area contributed by atoms with Crippen LogP contribution in [0.1, 0.15) is 40.0 Å². The van der Waals surface area contributed by atoms with E-state index in [1.807, 2.05) is 18.6 Å². The highest BCUT2D eigenvalue weighted by atomic mass is 32.2. The van der Waals surface area contributed by atoms with E-state index in [1.54, 1.807) is 6.92 Å². The van der Waals surface area contributed by atoms with Gasteiger partial charge in [-0.05, 0) is 36.6 Å². The molecule has 0 atom stereocenters. The summed E-state index contributed by atoms with van der Waals surface area (Å²) in [5.41, 5.74) is 0.518. The van der Waals surface area contributed by atoms with Crippen molar-refractivity contribution in [3.05, 3.63) is 24.3 Å². The summed E-state index contributed by atoms with van der Waals surface area (Å²) in [6, 6.07) is 5.70. The molecule has 7 heteroatoms. The molecule has 0 aliphatic rings. The minimum absolute atomic E-state index is 0.0150. The molecular weight excluding hydrogens is 304 g/mol. The van der Waals surface area contributed by atoms with E-state index in [1.165, 1.54) is 24.3 Å². The molecule has 0 spiro atoms. The van der Waals surface area contributed by atoms with Crippen molar-refractivity contribution in [1.29, 1.82) is 0 Å². The molecule has 1 rings (SSSR count). The first kappa shape index (κ1) is 18.2. The fraction of sp³-hybridized carbons (Fsp3) is 0.467. The second-order valence-electron chi connectivity index (χ2n) is 5.45. The van der Waals surface area contributed by atoms with Crippen molar-refractivity contribution in [3.8, 4) is 0 Å². The highest BCUT2D eigenvalue weighted by Crippen LogP contribution is 2.15. The van der Waals surface area contributed by atoms with Crippen LogP contribution in [0.15, 0.2) is 29.2 Å². The molecule has 0 unspecified atom stereocenters. The zero-order valence-electron chi connectivity index (χ0n) is 13.0. The molecule has 6 nitrogen and oxygen atoms in total. The van der Waals surface area contributed by atoms with Gasteiger partial charge in [0.2, 0.25) is 11.8 Å².